The van der Waals surface area contributed by atoms with Crippen LogP contribution < -0.4 is 5.73 Å². The molecule has 0 aliphatic rings. The first-order chi connectivity index (χ1) is 7.33. The fraction of sp³-hybridized carbons (Fsp3) is 0.0909. The number of nitrogens with zero attached hydrogens (tertiary/aromatic N) is 3. The van der Waals surface area contributed by atoms with Gasteiger partial charge in [0.15, 0.2) is 0 Å². The van der Waals surface area contributed by atoms with E-state index in [1.807, 2.05) is 30.3 Å². The van der Waals surface area contributed by atoms with E-state index in [-0.39, 0.29) is 0 Å². The molecule has 0 saturated heterocycles. The summed E-state index contributed by atoms with van der Waals surface area (Å²) in [4.78, 5) is 0. The Morgan fingerprint density at radius 1 is 1.33 bits per heavy atom. The third-order valence-electron chi connectivity index (χ3n) is 2.15. The van der Waals surface area contributed by atoms with Gasteiger partial charge in [0.1, 0.15) is 6.07 Å². The van der Waals surface area contributed by atoms with E-state index in [9.17, 15) is 0 Å². The van der Waals surface area contributed by atoms with Crippen LogP contribution in [0.5, 0.6) is 0 Å². The Morgan fingerprint density at radius 2 is 2.07 bits per heavy atom. The highest BCUT2D eigenvalue weighted by atomic mass is 15.3. The molecular weight excluding hydrogens is 188 g/mol. The lowest BCUT2D eigenvalue weighted by molar-refractivity contribution is 0.878. The highest BCUT2D eigenvalue weighted by molar-refractivity contribution is 5.36. The van der Waals surface area contributed by atoms with Crippen LogP contribution in [0.15, 0.2) is 36.7 Å². The predicted octanol–water partition coefficient (Wildman–Crippen LogP) is 1.20. The number of rotatable bonds is 2. The molecule has 0 spiro atoms. The zero-order valence-corrected chi connectivity index (χ0v) is 8.09. The van der Waals surface area contributed by atoms with Gasteiger partial charge in [-0.15, -0.1) is 0 Å². The van der Waals surface area contributed by atoms with E-state index in [2.05, 4.69) is 5.10 Å². The summed E-state index contributed by atoms with van der Waals surface area (Å²) in [5.74, 6) is 0. The van der Waals surface area contributed by atoms with Crippen LogP contribution in [0.25, 0.3) is 5.69 Å². The molecule has 2 aromatic rings. The molecule has 0 amide bonds. The van der Waals surface area contributed by atoms with Gasteiger partial charge in [-0.25, -0.2) is 4.68 Å². The van der Waals surface area contributed by atoms with Gasteiger partial charge in [0.05, 0.1) is 17.4 Å². The quantitative estimate of drug-likeness (QED) is 0.788. The molecule has 15 heavy (non-hydrogen) atoms. The summed E-state index contributed by atoms with van der Waals surface area (Å²) in [5, 5.41) is 12.7. The topological polar surface area (TPSA) is 67.6 Å². The fourth-order valence-corrected chi connectivity index (χ4v) is 1.31. The molecule has 1 heterocycles. The van der Waals surface area contributed by atoms with Gasteiger partial charge in [0.2, 0.25) is 0 Å². The molecule has 0 radical (unpaired) electrons. The number of hydrogen-bond donors (Lipinski definition) is 1. The van der Waals surface area contributed by atoms with Crippen LogP contribution in [0.1, 0.15) is 11.1 Å². The Bertz CT molecular complexity index is 490. The summed E-state index contributed by atoms with van der Waals surface area (Å²) in [6, 6.07) is 9.79. The molecule has 0 unspecified atom stereocenters. The van der Waals surface area contributed by atoms with Crippen molar-refractivity contribution in [1.82, 2.24) is 9.78 Å². The number of aromatic nitrogens is 2. The maximum Gasteiger partial charge on any atom is 0.102 e. The van der Waals surface area contributed by atoms with Crippen molar-refractivity contribution >= 4 is 0 Å². The van der Waals surface area contributed by atoms with Gasteiger partial charge in [0, 0.05) is 12.7 Å². The second-order valence-electron chi connectivity index (χ2n) is 3.16. The largest absolute Gasteiger partial charge is 0.326 e. The molecular formula is C11H10N4. The number of nitrogens with two attached hydrogens (primary N) is 1. The van der Waals surface area contributed by atoms with Gasteiger partial charge in [-0.1, -0.05) is 12.1 Å². The van der Waals surface area contributed by atoms with Crippen molar-refractivity contribution in [1.29, 1.82) is 5.26 Å². The van der Waals surface area contributed by atoms with E-state index >= 15 is 0 Å². The minimum Gasteiger partial charge on any atom is -0.326 e. The zero-order chi connectivity index (χ0) is 10.7. The molecule has 0 aliphatic heterocycles. The molecule has 4 nitrogen and oxygen atoms in total. The zero-order valence-electron chi connectivity index (χ0n) is 8.09. The number of nitriles is 1. The lowest BCUT2D eigenvalue weighted by Crippen LogP contribution is -1.98. The summed E-state index contributed by atoms with van der Waals surface area (Å²) in [6.45, 7) is 0.531. The Balaban J connectivity index is 2.33. The monoisotopic (exact) mass is 198 g/mol. The Hall–Kier alpha value is -2.12. The standard InChI is InChI=1S/C11H10N4/c12-5-9-1-3-11(4-2-9)15-8-10(6-13)7-14-15/h1-4,7-8H,5,12H2. The third kappa shape index (κ3) is 1.87. The lowest BCUT2D eigenvalue weighted by Gasteiger charge is -2.01. The van der Waals surface area contributed by atoms with Crippen molar-refractivity contribution in [3.05, 3.63) is 47.8 Å². The second-order valence-corrected chi connectivity index (χ2v) is 3.16. The molecule has 0 aliphatic carbocycles. The second kappa shape index (κ2) is 3.95. The normalized spacial score (nSPS) is 9.87. The first-order valence-corrected chi connectivity index (χ1v) is 4.57. The van der Waals surface area contributed by atoms with Gasteiger partial charge in [-0.2, -0.15) is 10.4 Å². The summed E-state index contributed by atoms with van der Waals surface area (Å²) < 4.78 is 1.67. The van der Waals surface area contributed by atoms with Crippen molar-refractivity contribution < 1.29 is 0 Å². The summed E-state index contributed by atoms with van der Waals surface area (Å²) in [7, 11) is 0. The average Bonchev–Trinajstić information content (AvgIpc) is 2.78. The maximum absolute atomic E-state index is 8.66. The number of benzene rings is 1. The minimum atomic E-state index is 0.531. The van der Waals surface area contributed by atoms with Crippen molar-refractivity contribution in [3.8, 4) is 11.8 Å². The van der Waals surface area contributed by atoms with Crippen LogP contribution in [0.2, 0.25) is 0 Å². The van der Waals surface area contributed by atoms with E-state index in [0.717, 1.165) is 11.3 Å². The summed E-state index contributed by atoms with van der Waals surface area (Å²) in [5.41, 5.74) is 8.05. The van der Waals surface area contributed by atoms with Crippen LogP contribution in [0.3, 0.4) is 0 Å². The van der Waals surface area contributed by atoms with Crippen LogP contribution in [0, 0.1) is 11.3 Å². The van der Waals surface area contributed by atoms with E-state index in [0.29, 0.717) is 12.1 Å². The van der Waals surface area contributed by atoms with Gasteiger partial charge in [-0.05, 0) is 17.7 Å². The third-order valence-corrected chi connectivity index (χ3v) is 2.15. The van der Waals surface area contributed by atoms with Gasteiger partial charge >= 0.3 is 0 Å². The molecule has 1 aromatic heterocycles. The van der Waals surface area contributed by atoms with E-state index in [4.69, 9.17) is 11.0 Å². The molecule has 74 valence electrons. The summed E-state index contributed by atoms with van der Waals surface area (Å²) >= 11 is 0. The predicted molar refractivity (Wildman–Crippen MR) is 56.2 cm³/mol. The Morgan fingerprint density at radius 3 is 2.60 bits per heavy atom. The molecule has 4 heteroatoms. The smallest absolute Gasteiger partial charge is 0.102 e. The van der Waals surface area contributed by atoms with Crippen LogP contribution in [-0.4, -0.2) is 9.78 Å². The highest BCUT2D eigenvalue weighted by Gasteiger charge is 1.99. The molecule has 1 aromatic carbocycles. The van der Waals surface area contributed by atoms with Crippen LogP contribution in [-0.2, 0) is 6.54 Å². The van der Waals surface area contributed by atoms with Gasteiger partial charge in [-0.3, -0.25) is 0 Å². The fourth-order valence-electron chi connectivity index (χ4n) is 1.31. The Kier molecular flexibility index (Phi) is 2.48. The SMILES string of the molecule is N#Cc1cnn(-c2ccc(CN)cc2)c1. The summed E-state index contributed by atoms with van der Waals surface area (Å²) in [6.07, 6.45) is 3.23. The number of hydrogen-bond acceptors (Lipinski definition) is 3. The molecule has 0 saturated carbocycles. The van der Waals surface area contributed by atoms with Crippen LogP contribution >= 0.6 is 0 Å². The molecule has 2 rings (SSSR count). The van der Waals surface area contributed by atoms with Crippen molar-refractivity contribution in [3.63, 3.8) is 0 Å². The lowest BCUT2D eigenvalue weighted by atomic mass is 10.2. The van der Waals surface area contributed by atoms with Gasteiger partial charge < -0.3 is 5.73 Å². The first kappa shape index (κ1) is 9.44. The van der Waals surface area contributed by atoms with Gasteiger partial charge in [0.25, 0.3) is 0 Å². The average molecular weight is 198 g/mol. The van der Waals surface area contributed by atoms with E-state index in [1.165, 1.54) is 6.20 Å². The van der Waals surface area contributed by atoms with E-state index < -0.39 is 0 Å². The molecule has 0 atom stereocenters. The minimum absolute atomic E-state index is 0.531. The molecule has 0 fully saturated rings. The van der Waals surface area contributed by atoms with E-state index in [1.54, 1.807) is 10.9 Å². The highest BCUT2D eigenvalue weighted by Crippen LogP contribution is 2.09. The van der Waals surface area contributed by atoms with Crippen molar-refractivity contribution in [2.45, 2.75) is 6.54 Å². The van der Waals surface area contributed by atoms with Crippen LogP contribution in [0.4, 0.5) is 0 Å². The molecule has 2 N–H and O–H groups in total. The van der Waals surface area contributed by atoms with Crippen molar-refractivity contribution in [2.24, 2.45) is 5.73 Å². The van der Waals surface area contributed by atoms with Crippen molar-refractivity contribution in [2.75, 3.05) is 0 Å². The molecule has 0 bridgehead atoms. The first-order valence-electron chi connectivity index (χ1n) is 4.57. The Labute approximate surface area is 87.6 Å². The maximum atomic E-state index is 8.66.